The van der Waals surface area contributed by atoms with E-state index in [0.717, 1.165) is 35.4 Å². The van der Waals surface area contributed by atoms with Gasteiger partial charge in [0, 0.05) is 16.1 Å². The Morgan fingerprint density at radius 3 is 2.85 bits per heavy atom. The van der Waals surface area contributed by atoms with Crippen molar-refractivity contribution in [1.29, 1.82) is 0 Å². The van der Waals surface area contributed by atoms with E-state index in [4.69, 9.17) is 0 Å². The molecule has 1 heterocycles. The van der Waals surface area contributed by atoms with Gasteiger partial charge in [0.05, 0.1) is 5.52 Å². The summed E-state index contributed by atoms with van der Waals surface area (Å²) in [6.45, 7) is 6.71. The zero-order chi connectivity index (χ0) is 14.4. The molecule has 1 N–H and O–H groups in total. The van der Waals surface area contributed by atoms with E-state index in [9.17, 15) is 0 Å². The second-order valence-corrected chi connectivity index (χ2v) is 6.52. The quantitative estimate of drug-likeness (QED) is 0.750. The molecule has 0 aliphatic carbocycles. The molecule has 0 saturated heterocycles. The summed E-state index contributed by atoms with van der Waals surface area (Å²) in [5.74, 6) is 0.731. The Balaban J connectivity index is 1.89. The Morgan fingerprint density at radius 1 is 1.20 bits per heavy atom. The molecule has 0 bridgehead atoms. The van der Waals surface area contributed by atoms with E-state index in [1.165, 1.54) is 23.8 Å². The number of hydrogen-bond donors (Lipinski definition) is 1. The summed E-state index contributed by atoms with van der Waals surface area (Å²) in [4.78, 5) is 4.53. The minimum Gasteiger partial charge on any atom is -0.316 e. The zero-order valence-corrected chi connectivity index (χ0v) is 13.9. The summed E-state index contributed by atoms with van der Waals surface area (Å²) < 4.78 is 1.13. The van der Waals surface area contributed by atoms with E-state index in [1.807, 2.05) is 12.3 Å². The van der Waals surface area contributed by atoms with Gasteiger partial charge in [0.2, 0.25) is 0 Å². The molecule has 0 spiro atoms. The smallest absolute Gasteiger partial charge is 0.0745 e. The van der Waals surface area contributed by atoms with E-state index in [0.29, 0.717) is 0 Å². The summed E-state index contributed by atoms with van der Waals surface area (Å²) in [6, 6.07) is 8.45. The molecule has 0 aliphatic rings. The Hall–Kier alpha value is -0.930. The number of nitrogens with one attached hydrogen (secondary N) is 1. The van der Waals surface area contributed by atoms with Gasteiger partial charge in [0.1, 0.15) is 0 Å². The molecule has 0 amide bonds. The van der Waals surface area contributed by atoms with Crippen LogP contribution in [0.2, 0.25) is 0 Å². The highest BCUT2D eigenvalue weighted by Gasteiger charge is 2.05. The number of aromatic nitrogens is 1. The topological polar surface area (TPSA) is 24.9 Å². The average Bonchev–Trinajstić information content (AvgIpc) is 2.45. The standard InChI is InChI=1S/C17H23BrN2/c1-13(2)12-19-10-4-3-6-14-8-9-16(18)15-7-5-11-20-17(14)15/h5,7-9,11,13,19H,3-4,6,10,12H2,1-2H3. The summed E-state index contributed by atoms with van der Waals surface area (Å²) in [5.41, 5.74) is 2.49. The lowest BCUT2D eigenvalue weighted by Crippen LogP contribution is -2.20. The maximum absolute atomic E-state index is 4.53. The SMILES string of the molecule is CC(C)CNCCCCc1ccc(Br)c2cccnc12. The van der Waals surface area contributed by atoms with Crippen molar-refractivity contribution in [2.75, 3.05) is 13.1 Å². The first-order valence-corrected chi connectivity index (χ1v) is 8.20. The Kier molecular flexibility index (Phi) is 5.99. The van der Waals surface area contributed by atoms with Crippen molar-refractivity contribution in [2.45, 2.75) is 33.1 Å². The highest BCUT2D eigenvalue weighted by Crippen LogP contribution is 2.26. The van der Waals surface area contributed by atoms with E-state index in [-0.39, 0.29) is 0 Å². The van der Waals surface area contributed by atoms with Crippen LogP contribution in [-0.4, -0.2) is 18.1 Å². The molecule has 20 heavy (non-hydrogen) atoms. The summed E-state index contributed by atoms with van der Waals surface area (Å²) in [6.07, 6.45) is 5.40. The first kappa shape index (κ1) is 15.5. The molecule has 2 rings (SSSR count). The largest absolute Gasteiger partial charge is 0.316 e. The number of fused-ring (bicyclic) bond motifs is 1. The van der Waals surface area contributed by atoms with E-state index in [1.54, 1.807) is 0 Å². The molecule has 2 nitrogen and oxygen atoms in total. The van der Waals surface area contributed by atoms with Gasteiger partial charge in [0.25, 0.3) is 0 Å². The second-order valence-electron chi connectivity index (χ2n) is 5.66. The van der Waals surface area contributed by atoms with Gasteiger partial charge in [0.15, 0.2) is 0 Å². The van der Waals surface area contributed by atoms with Crippen LogP contribution in [0.15, 0.2) is 34.9 Å². The highest BCUT2D eigenvalue weighted by molar-refractivity contribution is 9.10. The fourth-order valence-corrected chi connectivity index (χ4v) is 2.81. The highest BCUT2D eigenvalue weighted by atomic mass is 79.9. The van der Waals surface area contributed by atoms with Crippen LogP contribution in [0.4, 0.5) is 0 Å². The van der Waals surface area contributed by atoms with Gasteiger partial charge >= 0.3 is 0 Å². The van der Waals surface area contributed by atoms with Gasteiger partial charge in [-0.25, -0.2) is 0 Å². The summed E-state index contributed by atoms with van der Waals surface area (Å²) in [7, 11) is 0. The summed E-state index contributed by atoms with van der Waals surface area (Å²) in [5, 5.41) is 4.71. The monoisotopic (exact) mass is 334 g/mol. The lowest BCUT2D eigenvalue weighted by atomic mass is 10.0. The van der Waals surface area contributed by atoms with Crippen molar-refractivity contribution in [2.24, 2.45) is 5.92 Å². The van der Waals surface area contributed by atoms with Crippen molar-refractivity contribution in [3.63, 3.8) is 0 Å². The van der Waals surface area contributed by atoms with Gasteiger partial charge in [-0.15, -0.1) is 0 Å². The number of unbranched alkanes of at least 4 members (excludes halogenated alkanes) is 1. The van der Waals surface area contributed by atoms with Crippen LogP contribution in [-0.2, 0) is 6.42 Å². The van der Waals surface area contributed by atoms with Crippen LogP contribution in [0.5, 0.6) is 0 Å². The van der Waals surface area contributed by atoms with E-state index < -0.39 is 0 Å². The molecule has 0 unspecified atom stereocenters. The van der Waals surface area contributed by atoms with Crippen molar-refractivity contribution in [3.05, 3.63) is 40.5 Å². The second kappa shape index (κ2) is 7.75. The average molecular weight is 335 g/mol. The molecule has 0 saturated carbocycles. The molecule has 3 heteroatoms. The van der Waals surface area contributed by atoms with Crippen LogP contribution in [0.25, 0.3) is 10.9 Å². The van der Waals surface area contributed by atoms with Crippen LogP contribution in [0.1, 0.15) is 32.3 Å². The lowest BCUT2D eigenvalue weighted by molar-refractivity contribution is 0.535. The van der Waals surface area contributed by atoms with Gasteiger partial charge in [-0.1, -0.05) is 41.9 Å². The third kappa shape index (κ3) is 4.29. The van der Waals surface area contributed by atoms with Crippen molar-refractivity contribution >= 4 is 26.8 Å². The van der Waals surface area contributed by atoms with Crippen molar-refractivity contribution in [1.82, 2.24) is 10.3 Å². The van der Waals surface area contributed by atoms with E-state index in [2.05, 4.69) is 58.3 Å². The van der Waals surface area contributed by atoms with Crippen molar-refractivity contribution in [3.8, 4) is 0 Å². The zero-order valence-electron chi connectivity index (χ0n) is 12.3. The Bertz CT molecular complexity index is 552. The third-order valence-corrected chi connectivity index (χ3v) is 4.09. The Morgan fingerprint density at radius 2 is 2.05 bits per heavy atom. The van der Waals surface area contributed by atoms with Gasteiger partial charge in [-0.05, 0) is 56.0 Å². The number of aryl methyl sites for hydroxylation is 1. The number of hydrogen-bond acceptors (Lipinski definition) is 2. The fraction of sp³-hybridized carbons (Fsp3) is 0.471. The molecule has 0 aliphatic heterocycles. The maximum atomic E-state index is 4.53. The fourth-order valence-electron chi connectivity index (χ4n) is 2.35. The van der Waals surface area contributed by atoms with E-state index >= 15 is 0 Å². The van der Waals surface area contributed by atoms with Crippen LogP contribution < -0.4 is 5.32 Å². The number of nitrogens with zero attached hydrogens (tertiary/aromatic N) is 1. The van der Waals surface area contributed by atoms with Crippen LogP contribution >= 0.6 is 15.9 Å². The van der Waals surface area contributed by atoms with Gasteiger partial charge in [-0.2, -0.15) is 0 Å². The first-order chi connectivity index (χ1) is 9.68. The molecule has 0 radical (unpaired) electrons. The molecule has 108 valence electrons. The van der Waals surface area contributed by atoms with Crippen molar-refractivity contribution < 1.29 is 0 Å². The molecule has 2 aromatic rings. The minimum absolute atomic E-state index is 0.731. The summed E-state index contributed by atoms with van der Waals surface area (Å²) >= 11 is 3.60. The number of rotatable bonds is 7. The molecule has 0 atom stereocenters. The molecular formula is C17H23BrN2. The first-order valence-electron chi connectivity index (χ1n) is 7.41. The third-order valence-electron chi connectivity index (χ3n) is 3.40. The van der Waals surface area contributed by atoms with Crippen LogP contribution in [0.3, 0.4) is 0 Å². The Labute approximate surface area is 130 Å². The molecule has 1 aromatic carbocycles. The predicted octanol–water partition coefficient (Wildman–Crippen LogP) is 4.57. The predicted molar refractivity (Wildman–Crippen MR) is 90.1 cm³/mol. The number of benzene rings is 1. The maximum Gasteiger partial charge on any atom is 0.0745 e. The van der Waals surface area contributed by atoms with Gasteiger partial charge < -0.3 is 5.32 Å². The van der Waals surface area contributed by atoms with Crippen LogP contribution in [0, 0.1) is 5.92 Å². The lowest BCUT2D eigenvalue weighted by Gasteiger charge is -2.09. The van der Waals surface area contributed by atoms with Gasteiger partial charge in [-0.3, -0.25) is 4.98 Å². The molecular weight excluding hydrogens is 312 g/mol. The molecule has 0 fully saturated rings. The minimum atomic E-state index is 0.731. The number of pyridine rings is 1. The normalized spacial score (nSPS) is 11.4. The molecule has 1 aromatic heterocycles. The number of halogens is 1.